The van der Waals surface area contributed by atoms with Gasteiger partial charge in [-0.05, 0) is 25.5 Å². The molecule has 1 rings (SSSR count). The topological polar surface area (TPSA) is 26.0 Å². The molecule has 0 aliphatic heterocycles. The molecule has 0 saturated carbocycles. The predicted molar refractivity (Wildman–Crippen MR) is 67.7 cm³/mol. The first-order valence-corrected chi connectivity index (χ1v) is 5.15. The van der Waals surface area contributed by atoms with Crippen LogP contribution in [-0.2, 0) is 0 Å². The molecule has 0 fully saturated rings. The molecule has 0 saturated heterocycles. The third kappa shape index (κ3) is 3.93. The summed E-state index contributed by atoms with van der Waals surface area (Å²) >= 11 is 3.29. The molecule has 0 unspecified atom stereocenters. The zero-order valence-electron chi connectivity index (χ0n) is 8.47. The summed E-state index contributed by atoms with van der Waals surface area (Å²) in [6.07, 6.45) is 0.597. The minimum absolute atomic E-state index is 0. The lowest BCUT2D eigenvalue weighted by Crippen LogP contribution is -2.13. The fourth-order valence-electron chi connectivity index (χ4n) is 1.34. The van der Waals surface area contributed by atoms with Gasteiger partial charge in [0.15, 0.2) is 0 Å². The molecule has 0 bridgehead atoms. The first-order valence-electron chi connectivity index (χ1n) is 4.36. The van der Waals surface area contributed by atoms with Crippen molar-refractivity contribution in [1.82, 2.24) is 0 Å². The van der Waals surface area contributed by atoms with Crippen molar-refractivity contribution in [2.24, 2.45) is 5.73 Å². The monoisotopic (exact) mass is 293 g/mol. The van der Waals surface area contributed by atoms with Gasteiger partial charge >= 0.3 is 0 Å². The summed E-state index contributed by atoms with van der Waals surface area (Å²) in [4.78, 5) is 0. The Labute approximate surface area is 104 Å². The molecular weight excluding hydrogens is 280 g/mol. The lowest BCUT2D eigenvalue weighted by molar-refractivity contribution is 0.577. The van der Waals surface area contributed by atoms with E-state index in [0.29, 0.717) is 16.5 Å². The molecule has 0 heterocycles. The van der Waals surface area contributed by atoms with Gasteiger partial charge in [0.1, 0.15) is 5.82 Å². The van der Waals surface area contributed by atoms with Gasteiger partial charge in [-0.1, -0.05) is 27.6 Å². The molecule has 4 heteroatoms. The molecule has 0 spiro atoms. The zero-order valence-corrected chi connectivity index (χ0v) is 10.9. The molecule has 1 atom stereocenters. The Balaban J connectivity index is 0.00000196. The van der Waals surface area contributed by atoms with E-state index in [1.807, 2.05) is 6.92 Å². The second-order valence-corrected chi connectivity index (χ2v) is 4.26. The highest BCUT2D eigenvalue weighted by Gasteiger charge is 2.14. The average molecular weight is 295 g/mol. The summed E-state index contributed by atoms with van der Waals surface area (Å²) in [6, 6.07) is 4.52. The van der Waals surface area contributed by atoms with Crippen LogP contribution in [0.15, 0.2) is 34.8 Å². The zero-order chi connectivity index (χ0) is 10.7. The molecule has 0 amide bonds. The van der Waals surface area contributed by atoms with Gasteiger partial charge in [-0.2, -0.15) is 0 Å². The van der Waals surface area contributed by atoms with Crippen molar-refractivity contribution >= 4 is 28.3 Å². The summed E-state index contributed by atoms with van der Waals surface area (Å²) in [7, 11) is 0. The van der Waals surface area contributed by atoms with Gasteiger partial charge in [-0.15, -0.1) is 19.0 Å². The fourth-order valence-corrected chi connectivity index (χ4v) is 1.98. The van der Waals surface area contributed by atoms with Crippen LogP contribution in [0.2, 0.25) is 0 Å². The summed E-state index contributed by atoms with van der Waals surface area (Å²) in [5, 5.41) is 0. The maximum Gasteiger partial charge on any atom is 0.129 e. The highest BCUT2D eigenvalue weighted by molar-refractivity contribution is 9.10. The minimum atomic E-state index is -0.330. The van der Waals surface area contributed by atoms with Crippen LogP contribution in [0.1, 0.15) is 24.9 Å². The molecule has 0 aliphatic rings. The molecule has 1 aromatic carbocycles. The maximum atomic E-state index is 13.4. The van der Waals surface area contributed by atoms with Crippen LogP contribution in [0.25, 0.3) is 0 Å². The quantitative estimate of drug-likeness (QED) is 0.839. The van der Waals surface area contributed by atoms with Crippen LogP contribution in [0, 0.1) is 5.82 Å². The molecule has 0 aliphatic carbocycles. The van der Waals surface area contributed by atoms with Gasteiger partial charge in [0.25, 0.3) is 0 Å². The number of benzene rings is 1. The molecule has 1 aromatic rings. The van der Waals surface area contributed by atoms with Gasteiger partial charge in [-0.25, -0.2) is 4.39 Å². The van der Waals surface area contributed by atoms with Crippen LogP contribution < -0.4 is 5.73 Å². The van der Waals surface area contributed by atoms with E-state index in [1.54, 1.807) is 12.1 Å². The Kier molecular flexibility index (Phi) is 6.10. The summed E-state index contributed by atoms with van der Waals surface area (Å²) in [5.41, 5.74) is 7.34. The summed E-state index contributed by atoms with van der Waals surface area (Å²) in [6.45, 7) is 5.65. The standard InChI is InChI=1S/C11H13BrFN.ClH/c1-7(2)6-10(14)11-8(12)4-3-5-9(11)13;/h3-5,10H,1,6,14H2,2H3;1H/t10-;/m0./s1. The molecule has 15 heavy (non-hydrogen) atoms. The van der Waals surface area contributed by atoms with Crippen molar-refractivity contribution in [3.8, 4) is 0 Å². The van der Waals surface area contributed by atoms with Crippen molar-refractivity contribution < 1.29 is 4.39 Å². The Morgan fingerprint density at radius 2 is 2.20 bits per heavy atom. The van der Waals surface area contributed by atoms with E-state index >= 15 is 0 Å². The lowest BCUT2D eigenvalue weighted by Gasteiger charge is -2.14. The van der Waals surface area contributed by atoms with Gasteiger partial charge < -0.3 is 5.73 Å². The SMILES string of the molecule is C=C(C)C[C@H](N)c1c(F)cccc1Br.Cl. The number of rotatable bonds is 3. The van der Waals surface area contributed by atoms with E-state index in [-0.39, 0.29) is 24.3 Å². The normalized spacial score (nSPS) is 11.7. The maximum absolute atomic E-state index is 13.4. The minimum Gasteiger partial charge on any atom is -0.324 e. The van der Waals surface area contributed by atoms with Gasteiger partial charge in [0.2, 0.25) is 0 Å². The van der Waals surface area contributed by atoms with E-state index in [1.165, 1.54) is 6.07 Å². The number of hydrogen-bond acceptors (Lipinski definition) is 1. The molecule has 0 aromatic heterocycles. The van der Waals surface area contributed by atoms with Crippen LogP contribution in [-0.4, -0.2) is 0 Å². The van der Waals surface area contributed by atoms with E-state index in [4.69, 9.17) is 5.73 Å². The van der Waals surface area contributed by atoms with Crippen LogP contribution in [0.3, 0.4) is 0 Å². The predicted octanol–water partition coefficient (Wildman–Crippen LogP) is 3.98. The third-order valence-corrected chi connectivity index (χ3v) is 2.63. The average Bonchev–Trinajstić information content (AvgIpc) is 2.01. The van der Waals surface area contributed by atoms with Crippen molar-refractivity contribution in [1.29, 1.82) is 0 Å². The Bertz CT molecular complexity index is 334. The van der Waals surface area contributed by atoms with E-state index in [2.05, 4.69) is 22.5 Å². The second kappa shape index (κ2) is 6.26. The van der Waals surface area contributed by atoms with Crippen molar-refractivity contribution in [3.63, 3.8) is 0 Å². The first-order chi connectivity index (χ1) is 6.52. The second-order valence-electron chi connectivity index (χ2n) is 3.40. The van der Waals surface area contributed by atoms with Crippen LogP contribution >= 0.6 is 28.3 Å². The Hall–Kier alpha value is -0.380. The van der Waals surface area contributed by atoms with Gasteiger partial charge in [-0.3, -0.25) is 0 Å². The molecule has 0 radical (unpaired) electrons. The van der Waals surface area contributed by atoms with Gasteiger partial charge in [0, 0.05) is 16.1 Å². The van der Waals surface area contributed by atoms with Crippen LogP contribution in [0.4, 0.5) is 4.39 Å². The van der Waals surface area contributed by atoms with Crippen molar-refractivity contribution in [3.05, 3.63) is 46.2 Å². The molecule has 1 nitrogen and oxygen atoms in total. The fraction of sp³-hybridized carbons (Fsp3) is 0.273. The number of halogens is 3. The van der Waals surface area contributed by atoms with Crippen LogP contribution in [0.5, 0.6) is 0 Å². The third-order valence-electron chi connectivity index (χ3n) is 1.94. The van der Waals surface area contributed by atoms with E-state index in [0.717, 1.165) is 5.57 Å². The number of hydrogen-bond donors (Lipinski definition) is 1. The first kappa shape index (κ1) is 14.6. The van der Waals surface area contributed by atoms with E-state index in [9.17, 15) is 4.39 Å². The van der Waals surface area contributed by atoms with E-state index < -0.39 is 0 Å². The van der Waals surface area contributed by atoms with Gasteiger partial charge in [0.05, 0.1) is 0 Å². The Morgan fingerprint density at radius 3 is 2.67 bits per heavy atom. The summed E-state index contributed by atoms with van der Waals surface area (Å²) < 4.78 is 14.1. The summed E-state index contributed by atoms with van der Waals surface area (Å²) in [5.74, 6) is -0.270. The highest BCUT2D eigenvalue weighted by atomic mass is 79.9. The molecule has 84 valence electrons. The smallest absolute Gasteiger partial charge is 0.129 e. The Morgan fingerprint density at radius 1 is 1.60 bits per heavy atom. The number of nitrogens with two attached hydrogens (primary N) is 1. The molecule has 2 N–H and O–H groups in total. The highest BCUT2D eigenvalue weighted by Crippen LogP contribution is 2.27. The molecular formula is C11H14BrClFN. The largest absolute Gasteiger partial charge is 0.324 e. The lowest BCUT2D eigenvalue weighted by atomic mass is 10.0. The van der Waals surface area contributed by atoms with Crippen molar-refractivity contribution in [2.75, 3.05) is 0 Å². The van der Waals surface area contributed by atoms with Crippen molar-refractivity contribution in [2.45, 2.75) is 19.4 Å².